The second kappa shape index (κ2) is 6.31. The summed E-state index contributed by atoms with van der Waals surface area (Å²) < 4.78 is 35.8. The number of nitrogens with two attached hydrogens (primary N) is 1. The summed E-state index contributed by atoms with van der Waals surface area (Å²) in [6, 6.07) is 7.48. The van der Waals surface area contributed by atoms with Crippen LogP contribution in [0.4, 0.5) is 0 Å². The van der Waals surface area contributed by atoms with E-state index >= 15 is 0 Å². The van der Waals surface area contributed by atoms with Gasteiger partial charge in [0.25, 0.3) is 10.1 Å². The third-order valence-electron chi connectivity index (χ3n) is 3.01. The topological polar surface area (TPSA) is 110 Å². The monoisotopic (exact) mass is 319 g/mol. The Hall–Kier alpha value is -0.800. The largest absolute Gasteiger partial charge is 0.474 e. The van der Waals surface area contributed by atoms with Crippen LogP contribution in [0.3, 0.4) is 0 Å². The van der Waals surface area contributed by atoms with Gasteiger partial charge in [-0.25, -0.2) is 0 Å². The van der Waals surface area contributed by atoms with Crippen LogP contribution in [0.25, 0.3) is 0 Å². The first-order valence-electron chi connectivity index (χ1n) is 6.12. The highest BCUT2D eigenvalue weighted by Gasteiger charge is 2.28. The number of fused-ring (bicyclic) bond motifs is 1. The summed E-state index contributed by atoms with van der Waals surface area (Å²) in [5.41, 5.74) is 5.95. The lowest BCUT2D eigenvalue weighted by Crippen LogP contribution is -2.39. The fourth-order valence-corrected chi connectivity index (χ4v) is 3.84. The predicted molar refractivity (Wildman–Crippen MR) is 76.3 cm³/mol. The maximum atomic E-state index is 10.7. The van der Waals surface area contributed by atoms with Gasteiger partial charge in [0.1, 0.15) is 11.5 Å². The number of hydrogen-bond acceptors (Lipinski definition) is 6. The van der Waals surface area contributed by atoms with Crippen molar-refractivity contribution in [2.24, 2.45) is 11.7 Å². The van der Waals surface area contributed by atoms with Gasteiger partial charge in [-0.2, -0.15) is 8.42 Å². The Morgan fingerprint density at radius 3 is 2.85 bits per heavy atom. The van der Waals surface area contributed by atoms with Crippen molar-refractivity contribution in [2.75, 3.05) is 11.5 Å². The molecule has 0 saturated carbocycles. The quantitative estimate of drug-likeness (QED) is 0.701. The van der Waals surface area contributed by atoms with Crippen LogP contribution in [0.1, 0.15) is 6.42 Å². The van der Waals surface area contributed by atoms with Crippen LogP contribution in [-0.4, -0.2) is 41.9 Å². The third-order valence-corrected chi connectivity index (χ3v) is 5.06. The molecule has 1 aromatic rings. The van der Waals surface area contributed by atoms with Gasteiger partial charge in [0.2, 0.25) is 0 Å². The van der Waals surface area contributed by atoms with Gasteiger partial charge in [0, 0.05) is 16.6 Å². The van der Waals surface area contributed by atoms with Crippen molar-refractivity contribution >= 4 is 21.9 Å². The molecule has 4 N–H and O–H groups in total. The smallest absolute Gasteiger partial charge is 0.267 e. The molecule has 1 aliphatic rings. The van der Waals surface area contributed by atoms with Crippen LogP contribution in [-0.2, 0) is 10.1 Å². The van der Waals surface area contributed by atoms with E-state index in [0.29, 0.717) is 11.5 Å². The van der Waals surface area contributed by atoms with E-state index < -0.39 is 28.2 Å². The molecule has 2 rings (SSSR count). The molecule has 0 radical (unpaired) electrons. The van der Waals surface area contributed by atoms with Crippen molar-refractivity contribution in [3.05, 3.63) is 24.3 Å². The van der Waals surface area contributed by atoms with E-state index in [-0.39, 0.29) is 12.3 Å². The molecule has 3 atom stereocenters. The molecule has 0 aromatic heterocycles. The average Bonchev–Trinajstić information content (AvgIpc) is 2.47. The summed E-state index contributed by atoms with van der Waals surface area (Å²) in [5, 5.41) is 9.70. The standard InChI is InChI=1S/C12H17NO5S2/c13-12-8(5-9(14)7-20(15,16)17)6-19-11-4-2-1-3-10(11)18-12/h1-4,8-9,12,14H,5-7,13H2,(H,15,16,17). The summed E-state index contributed by atoms with van der Waals surface area (Å²) in [7, 11) is -4.19. The van der Waals surface area contributed by atoms with Crippen LogP contribution in [0, 0.1) is 5.92 Å². The van der Waals surface area contributed by atoms with Gasteiger partial charge in [-0.15, -0.1) is 11.8 Å². The van der Waals surface area contributed by atoms with E-state index in [0.717, 1.165) is 4.90 Å². The number of thioether (sulfide) groups is 1. The minimum absolute atomic E-state index is 0.155. The van der Waals surface area contributed by atoms with Crippen molar-refractivity contribution in [1.29, 1.82) is 0 Å². The number of ether oxygens (including phenoxy) is 1. The number of hydrogen-bond donors (Lipinski definition) is 3. The second-order valence-corrected chi connectivity index (χ2v) is 7.30. The lowest BCUT2D eigenvalue weighted by molar-refractivity contribution is 0.0986. The molecule has 8 heteroatoms. The van der Waals surface area contributed by atoms with Crippen LogP contribution in [0.2, 0.25) is 0 Å². The highest BCUT2D eigenvalue weighted by Crippen LogP contribution is 2.36. The van der Waals surface area contributed by atoms with E-state index in [2.05, 4.69) is 0 Å². The van der Waals surface area contributed by atoms with Crippen molar-refractivity contribution in [2.45, 2.75) is 23.6 Å². The van der Waals surface area contributed by atoms with Crippen LogP contribution >= 0.6 is 11.8 Å². The lowest BCUT2D eigenvalue weighted by Gasteiger charge is -2.23. The van der Waals surface area contributed by atoms with Crippen LogP contribution < -0.4 is 10.5 Å². The fourth-order valence-electron chi connectivity index (χ4n) is 2.06. The third kappa shape index (κ3) is 4.35. The van der Waals surface area contributed by atoms with Gasteiger partial charge < -0.3 is 9.84 Å². The molecular formula is C12H17NO5S2. The van der Waals surface area contributed by atoms with Gasteiger partial charge in [0.15, 0.2) is 6.23 Å². The molecule has 0 fully saturated rings. The zero-order valence-electron chi connectivity index (χ0n) is 10.7. The number of rotatable bonds is 4. The van der Waals surface area contributed by atoms with Crippen molar-refractivity contribution in [3.63, 3.8) is 0 Å². The maximum absolute atomic E-state index is 10.7. The summed E-state index contributed by atoms with van der Waals surface area (Å²) in [6.07, 6.45) is -1.63. The first-order valence-corrected chi connectivity index (χ1v) is 8.72. The van der Waals surface area contributed by atoms with E-state index in [1.807, 2.05) is 24.3 Å². The zero-order chi connectivity index (χ0) is 14.8. The van der Waals surface area contributed by atoms with Crippen molar-refractivity contribution < 1.29 is 22.8 Å². The summed E-state index contributed by atoms with van der Waals surface area (Å²) in [5.74, 6) is 0.412. The molecule has 1 heterocycles. The summed E-state index contributed by atoms with van der Waals surface area (Å²) in [6.45, 7) is 0. The molecule has 0 saturated heterocycles. The molecule has 0 bridgehead atoms. The van der Waals surface area contributed by atoms with E-state index in [1.54, 1.807) is 11.8 Å². The number of para-hydroxylation sites is 1. The molecule has 0 aliphatic carbocycles. The maximum Gasteiger partial charge on any atom is 0.267 e. The highest BCUT2D eigenvalue weighted by atomic mass is 32.2. The molecule has 1 aromatic carbocycles. The molecule has 1 aliphatic heterocycles. The van der Waals surface area contributed by atoms with Crippen LogP contribution in [0.15, 0.2) is 29.2 Å². The molecule has 0 spiro atoms. The average molecular weight is 319 g/mol. The number of aliphatic hydroxyl groups excluding tert-OH is 1. The Morgan fingerprint density at radius 2 is 2.15 bits per heavy atom. The van der Waals surface area contributed by atoms with Gasteiger partial charge in [-0.05, 0) is 18.6 Å². The minimum Gasteiger partial charge on any atom is -0.474 e. The van der Waals surface area contributed by atoms with E-state index in [4.69, 9.17) is 15.0 Å². The molecular weight excluding hydrogens is 302 g/mol. The molecule has 112 valence electrons. The molecule has 3 unspecified atom stereocenters. The normalized spacial score (nSPS) is 24.4. The van der Waals surface area contributed by atoms with E-state index in [9.17, 15) is 13.5 Å². The molecule has 0 amide bonds. The minimum atomic E-state index is -4.19. The molecule has 6 nitrogen and oxygen atoms in total. The lowest BCUT2D eigenvalue weighted by atomic mass is 10.0. The van der Waals surface area contributed by atoms with Gasteiger partial charge in [-0.1, -0.05) is 12.1 Å². The highest BCUT2D eigenvalue weighted by molar-refractivity contribution is 7.99. The first kappa shape index (κ1) is 15.6. The number of aliphatic hydroxyl groups is 1. The van der Waals surface area contributed by atoms with Crippen molar-refractivity contribution in [1.82, 2.24) is 0 Å². The zero-order valence-corrected chi connectivity index (χ0v) is 12.3. The Bertz CT molecular complexity index is 563. The Kier molecular flexibility index (Phi) is 4.92. The predicted octanol–water partition coefficient (Wildman–Crippen LogP) is 0.711. The Labute approximate surface area is 122 Å². The summed E-state index contributed by atoms with van der Waals surface area (Å²) >= 11 is 1.55. The Balaban J connectivity index is 2.01. The second-order valence-electron chi connectivity index (χ2n) is 4.74. The van der Waals surface area contributed by atoms with E-state index in [1.165, 1.54) is 0 Å². The first-order chi connectivity index (χ1) is 9.35. The van der Waals surface area contributed by atoms with Crippen LogP contribution in [0.5, 0.6) is 5.75 Å². The SMILES string of the molecule is NC1Oc2ccccc2SCC1CC(O)CS(=O)(=O)O. The summed E-state index contributed by atoms with van der Waals surface area (Å²) in [4.78, 5) is 0.967. The van der Waals surface area contributed by atoms with Gasteiger partial charge >= 0.3 is 0 Å². The van der Waals surface area contributed by atoms with Gasteiger partial charge in [-0.3, -0.25) is 10.3 Å². The van der Waals surface area contributed by atoms with Gasteiger partial charge in [0.05, 0.1) is 6.10 Å². The van der Waals surface area contributed by atoms with Crippen molar-refractivity contribution in [3.8, 4) is 5.75 Å². The number of benzene rings is 1. The Morgan fingerprint density at radius 1 is 1.45 bits per heavy atom. The fraction of sp³-hybridized carbons (Fsp3) is 0.500. The molecule has 20 heavy (non-hydrogen) atoms.